The van der Waals surface area contributed by atoms with Crippen molar-refractivity contribution in [3.63, 3.8) is 0 Å². The SMILES string of the molecule is Cc1ccc(CN2CCC(N)C2)nc1. The molecule has 1 saturated heterocycles. The van der Waals surface area contributed by atoms with Gasteiger partial charge in [0.05, 0.1) is 5.69 Å². The third kappa shape index (κ3) is 2.30. The maximum absolute atomic E-state index is 5.84. The van der Waals surface area contributed by atoms with Crippen molar-refractivity contribution < 1.29 is 0 Å². The van der Waals surface area contributed by atoms with Gasteiger partial charge in [-0.1, -0.05) is 6.07 Å². The van der Waals surface area contributed by atoms with E-state index in [1.807, 2.05) is 6.20 Å². The Morgan fingerprint density at radius 3 is 3.00 bits per heavy atom. The number of aryl methyl sites for hydroxylation is 1. The van der Waals surface area contributed by atoms with Gasteiger partial charge in [-0.15, -0.1) is 0 Å². The predicted octanol–water partition coefficient (Wildman–Crippen LogP) is 0.923. The summed E-state index contributed by atoms with van der Waals surface area (Å²) in [6, 6.07) is 4.57. The summed E-state index contributed by atoms with van der Waals surface area (Å²) in [7, 11) is 0. The first-order chi connectivity index (χ1) is 6.74. The van der Waals surface area contributed by atoms with Gasteiger partial charge in [-0.05, 0) is 25.0 Å². The Morgan fingerprint density at radius 1 is 1.57 bits per heavy atom. The fourth-order valence-corrected chi connectivity index (χ4v) is 1.83. The highest BCUT2D eigenvalue weighted by atomic mass is 15.2. The van der Waals surface area contributed by atoms with E-state index in [1.165, 1.54) is 5.56 Å². The normalized spacial score (nSPS) is 22.9. The molecule has 3 nitrogen and oxygen atoms in total. The summed E-state index contributed by atoms with van der Waals surface area (Å²) >= 11 is 0. The topological polar surface area (TPSA) is 42.1 Å². The van der Waals surface area contributed by atoms with E-state index in [9.17, 15) is 0 Å². The van der Waals surface area contributed by atoms with Gasteiger partial charge in [0.15, 0.2) is 0 Å². The predicted molar refractivity (Wildman–Crippen MR) is 56.8 cm³/mol. The fourth-order valence-electron chi connectivity index (χ4n) is 1.83. The molecule has 2 N–H and O–H groups in total. The summed E-state index contributed by atoms with van der Waals surface area (Å²) in [6.07, 6.45) is 3.04. The Morgan fingerprint density at radius 2 is 2.43 bits per heavy atom. The Balaban J connectivity index is 1.94. The molecule has 3 heteroatoms. The van der Waals surface area contributed by atoms with Crippen LogP contribution >= 0.6 is 0 Å². The second kappa shape index (κ2) is 4.07. The molecule has 0 bridgehead atoms. The number of hydrogen-bond acceptors (Lipinski definition) is 3. The second-order valence-corrected chi connectivity index (χ2v) is 4.11. The van der Waals surface area contributed by atoms with Gasteiger partial charge in [-0.2, -0.15) is 0 Å². The molecule has 76 valence electrons. The lowest BCUT2D eigenvalue weighted by Crippen LogP contribution is -2.26. The standard InChI is InChI=1S/C11H17N3/c1-9-2-3-11(13-6-9)8-14-5-4-10(12)7-14/h2-3,6,10H,4-5,7-8,12H2,1H3. The molecular formula is C11H17N3. The molecule has 0 aromatic carbocycles. The molecule has 1 aliphatic rings. The highest BCUT2D eigenvalue weighted by molar-refractivity contribution is 5.12. The van der Waals surface area contributed by atoms with Crippen molar-refractivity contribution in [3.8, 4) is 0 Å². The van der Waals surface area contributed by atoms with Crippen LogP contribution in [-0.2, 0) is 6.54 Å². The molecule has 0 amide bonds. The zero-order valence-corrected chi connectivity index (χ0v) is 8.61. The number of hydrogen-bond donors (Lipinski definition) is 1. The molecule has 0 radical (unpaired) electrons. The van der Waals surface area contributed by atoms with Crippen LogP contribution in [0.25, 0.3) is 0 Å². The third-order valence-electron chi connectivity index (χ3n) is 2.67. The lowest BCUT2D eigenvalue weighted by Gasteiger charge is -2.14. The van der Waals surface area contributed by atoms with Gasteiger partial charge in [0.25, 0.3) is 0 Å². The first-order valence-electron chi connectivity index (χ1n) is 5.13. The van der Waals surface area contributed by atoms with E-state index in [0.29, 0.717) is 6.04 Å². The van der Waals surface area contributed by atoms with Crippen molar-refractivity contribution >= 4 is 0 Å². The smallest absolute Gasteiger partial charge is 0.0544 e. The summed E-state index contributed by atoms with van der Waals surface area (Å²) in [5.41, 5.74) is 8.20. The van der Waals surface area contributed by atoms with Crippen LogP contribution in [0.1, 0.15) is 17.7 Å². The molecule has 1 aromatic rings. The number of aromatic nitrogens is 1. The van der Waals surface area contributed by atoms with Crippen molar-refractivity contribution in [1.29, 1.82) is 0 Å². The first-order valence-corrected chi connectivity index (χ1v) is 5.13. The quantitative estimate of drug-likeness (QED) is 0.756. The van der Waals surface area contributed by atoms with E-state index in [0.717, 1.165) is 31.7 Å². The van der Waals surface area contributed by atoms with Gasteiger partial charge in [0.1, 0.15) is 0 Å². The Labute approximate surface area is 84.9 Å². The second-order valence-electron chi connectivity index (χ2n) is 4.11. The van der Waals surface area contributed by atoms with Crippen molar-refractivity contribution in [2.75, 3.05) is 13.1 Å². The molecule has 0 spiro atoms. The average molecular weight is 191 g/mol. The van der Waals surface area contributed by atoms with E-state index < -0.39 is 0 Å². The maximum Gasteiger partial charge on any atom is 0.0544 e. The molecule has 2 rings (SSSR count). The summed E-state index contributed by atoms with van der Waals surface area (Å²) in [6.45, 7) is 5.11. The van der Waals surface area contributed by atoms with E-state index in [4.69, 9.17) is 5.73 Å². The van der Waals surface area contributed by atoms with Gasteiger partial charge >= 0.3 is 0 Å². The lowest BCUT2D eigenvalue weighted by molar-refractivity contribution is 0.323. The Bertz CT molecular complexity index is 294. The van der Waals surface area contributed by atoms with E-state index >= 15 is 0 Å². The molecule has 2 heterocycles. The van der Waals surface area contributed by atoms with Crippen LogP contribution in [-0.4, -0.2) is 29.0 Å². The van der Waals surface area contributed by atoms with Crippen molar-refractivity contribution in [2.45, 2.75) is 25.9 Å². The molecule has 1 unspecified atom stereocenters. The van der Waals surface area contributed by atoms with Crippen LogP contribution < -0.4 is 5.73 Å². The zero-order chi connectivity index (χ0) is 9.97. The van der Waals surface area contributed by atoms with Gasteiger partial charge in [0.2, 0.25) is 0 Å². The van der Waals surface area contributed by atoms with Gasteiger partial charge in [-0.25, -0.2) is 0 Å². The van der Waals surface area contributed by atoms with Crippen molar-refractivity contribution in [3.05, 3.63) is 29.6 Å². The largest absolute Gasteiger partial charge is 0.326 e. The monoisotopic (exact) mass is 191 g/mol. The zero-order valence-electron chi connectivity index (χ0n) is 8.61. The minimum absolute atomic E-state index is 0.362. The Hall–Kier alpha value is -0.930. The number of likely N-dealkylation sites (tertiary alicyclic amines) is 1. The molecule has 1 atom stereocenters. The van der Waals surface area contributed by atoms with Crippen molar-refractivity contribution in [1.82, 2.24) is 9.88 Å². The first kappa shape index (κ1) is 9.62. The van der Waals surface area contributed by atoms with Gasteiger partial charge < -0.3 is 5.73 Å². The van der Waals surface area contributed by atoms with Gasteiger partial charge in [-0.3, -0.25) is 9.88 Å². The summed E-state index contributed by atoms with van der Waals surface area (Å²) in [5.74, 6) is 0. The molecule has 1 aliphatic heterocycles. The highest BCUT2D eigenvalue weighted by Gasteiger charge is 2.18. The average Bonchev–Trinajstić information content (AvgIpc) is 2.56. The molecule has 1 fully saturated rings. The minimum Gasteiger partial charge on any atom is -0.326 e. The van der Waals surface area contributed by atoms with Crippen LogP contribution in [0.2, 0.25) is 0 Å². The minimum atomic E-state index is 0.362. The van der Waals surface area contributed by atoms with E-state index in [-0.39, 0.29) is 0 Å². The van der Waals surface area contributed by atoms with Crippen LogP contribution in [0.4, 0.5) is 0 Å². The number of rotatable bonds is 2. The number of nitrogens with zero attached hydrogens (tertiary/aromatic N) is 2. The third-order valence-corrected chi connectivity index (χ3v) is 2.67. The van der Waals surface area contributed by atoms with Crippen LogP contribution in [0.3, 0.4) is 0 Å². The Kier molecular flexibility index (Phi) is 2.79. The fraction of sp³-hybridized carbons (Fsp3) is 0.545. The maximum atomic E-state index is 5.84. The molecule has 0 saturated carbocycles. The summed E-state index contributed by atoms with van der Waals surface area (Å²) in [4.78, 5) is 6.75. The van der Waals surface area contributed by atoms with Crippen LogP contribution in [0.15, 0.2) is 18.3 Å². The molecule has 0 aliphatic carbocycles. The number of nitrogens with two attached hydrogens (primary N) is 1. The lowest BCUT2D eigenvalue weighted by atomic mass is 10.2. The molecule has 1 aromatic heterocycles. The van der Waals surface area contributed by atoms with Gasteiger partial charge in [0, 0.05) is 31.9 Å². The molecular weight excluding hydrogens is 174 g/mol. The molecule has 14 heavy (non-hydrogen) atoms. The van der Waals surface area contributed by atoms with Crippen LogP contribution in [0.5, 0.6) is 0 Å². The summed E-state index contributed by atoms with van der Waals surface area (Å²) < 4.78 is 0. The van der Waals surface area contributed by atoms with Crippen molar-refractivity contribution in [2.24, 2.45) is 5.73 Å². The summed E-state index contributed by atoms with van der Waals surface area (Å²) in [5, 5.41) is 0. The number of pyridine rings is 1. The van der Waals surface area contributed by atoms with E-state index in [2.05, 4.69) is 28.9 Å². The highest BCUT2D eigenvalue weighted by Crippen LogP contribution is 2.10. The van der Waals surface area contributed by atoms with E-state index in [1.54, 1.807) is 0 Å². The van der Waals surface area contributed by atoms with Crippen LogP contribution in [0, 0.1) is 6.92 Å².